The van der Waals surface area contributed by atoms with E-state index >= 15 is 0 Å². The maximum Gasteiger partial charge on any atom is 0.335 e. The minimum absolute atomic E-state index is 0.216. The fraction of sp³-hybridized carbons (Fsp3) is 0.250. The van der Waals surface area contributed by atoms with Crippen LogP contribution in [0.4, 0.5) is 0 Å². The van der Waals surface area contributed by atoms with Crippen LogP contribution in [0.1, 0.15) is 23.2 Å². The van der Waals surface area contributed by atoms with Crippen molar-refractivity contribution in [2.45, 2.75) is 13.5 Å². The standard InChI is InChI=1S/C12H12N2O4/c1-2-17-7-10-13-14-11(18-10)8-3-5-9(6-4-8)12(15)16/h3-6H,2,7H2,1H3,(H,15,16). The molecule has 6 heteroatoms. The van der Waals surface area contributed by atoms with Gasteiger partial charge < -0.3 is 14.3 Å². The minimum atomic E-state index is -0.968. The van der Waals surface area contributed by atoms with E-state index in [4.69, 9.17) is 14.3 Å². The fourth-order valence-electron chi connectivity index (χ4n) is 1.37. The number of carbonyl (C=O) groups is 1. The Bertz CT molecular complexity index is 533. The van der Waals surface area contributed by atoms with E-state index < -0.39 is 5.97 Å². The molecule has 2 rings (SSSR count). The summed E-state index contributed by atoms with van der Waals surface area (Å²) in [5.41, 5.74) is 0.892. The SMILES string of the molecule is CCOCc1nnc(-c2ccc(C(=O)O)cc2)o1. The Balaban J connectivity index is 2.15. The predicted molar refractivity (Wildman–Crippen MR) is 62.0 cm³/mol. The summed E-state index contributed by atoms with van der Waals surface area (Å²) in [5, 5.41) is 16.5. The van der Waals surface area contributed by atoms with Crippen molar-refractivity contribution in [1.82, 2.24) is 10.2 Å². The summed E-state index contributed by atoms with van der Waals surface area (Å²) in [6.07, 6.45) is 0. The number of hydrogen-bond donors (Lipinski definition) is 1. The normalized spacial score (nSPS) is 10.5. The Hall–Kier alpha value is -2.21. The molecule has 1 N–H and O–H groups in total. The van der Waals surface area contributed by atoms with Crippen molar-refractivity contribution in [2.24, 2.45) is 0 Å². The third-order valence-corrected chi connectivity index (χ3v) is 2.28. The van der Waals surface area contributed by atoms with E-state index in [1.807, 2.05) is 6.92 Å². The lowest BCUT2D eigenvalue weighted by Crippen LogP contribution is -1.94. The predicted octanol–water partition coefficient (Wildman–Crippen LogP) is 1.97. The summed E-state index contributed by atoms with van der Waals surface area (Å²) >= 11 is 0. The molecule has 0 aliphatic carbocycles. The highest BCUT2D eigenvalue weighted by molar-refractivity contribution is 5.88. The van der Waals surface area contributed by atoms with Crippen LogP contribution in [0.25, 0.3) is 11.5 Å². The third kappa shape index (κ3) is 2.72. The molecule has 2 aromatic rings. The Morgan fingerprint density at radius 1 is 1.33 bits per heavy atom. The summed E-state index contributed by atoms with van der Waals surface area (Å²) in [6.45, 7) is 2.73. The van der Waals surface area contributed by atoms with Crippen molar-refractivity contribution in [3.63, 3.8) is 0 Å². The number of nitrogens with zero attached hydrogens (tertiary/aromatic N) is 2. The smallest absolute Gasteiger partial charge is 0.335 e. The van der Waals surface area contributed by atoms with Gasteiger partial charge in [-0.15, -0.1) is 10.2 Å². The average molecular weight is 248 g/mol. The molecule has 0 amide bonds. The van der Waals surface area contributed by atoms with E-state index in [0.29, 0.717) is 24.0 Å². The minimum Gasteiger partial charge on any atom is -0.478 e. The number of rotatable bonds is 5. The molecule has 0 saturated heterocycles. The summed E-state index contributed by atoms with van der Waals surface area (Å²) in [7, 11) is 0. The van der Waals surface area contributed by atoms with Gasteiger partial charge in [-0.25, -0.2) is 4.79 Å². The van der Waals surface area contributed by atoms with E-state index in [1.165, 1.54) is 12.1 Å². The largest absolute Gasteiger partial charge is 0.478 e. The molecule has 0 atom stereocenters. The van der Waals surface area contributed by atoms with Crippen LogP contribution in [-0.2, 0) is 11.3 Å². The van der Waals surface area contributed by atoms with Crippen LogP contribution in [0.15, 0.2) is 28.7 Å². The molecule has 18 heavy (non-hydrogen) atoms. The van der Waals surface area contributed by atoms with Gasteiger partial charge in [-0.05, 0) is 31.2 Å². The van der Waals surface area contributed by atoms with Crippen molar-refractivity contribution >= 4 is 5.97 Å². The second-order valence-corrected chi connectivity index (χ2v) is 3.52. The summed E-state index contributed by atoms with van der Waals surface area (Å²) in [4.78, 5) is 10.7. The van der Waals surface area contributed by atoms with Gasteiger partial charge in [0.1, 0.15) is 6.61 Å². The van der Waals surface area contributed by atoms with Gasteiger partial charge in [0.25, 0.3) is 0 Å². The van der Waals surface area contributed by atoms with E-state index in [1.54, 1.807) is 12.1 Å². The Morgan fingerprint density at radius 2 is 2.06 bits per heavy atom. The summed E-state index contributed by atoms with van der Waals surface area (Å²) in [5.74, 6) is -0.222. The van der Waals surface area contributed by atoms with Gasteiger partial charge in [0.05, 0.1) is 5.56 Å². The number of hydrogen-bond acceptors (Lipinski definition) is 5. The third-order valence-electron chi connectivity index (χ3n) is 2.28. The topological polar surface area (TPSA) is 85.5 Å². The zero-order chi connectivity index (χ0) is 13.0. The maximum absolute atomic E-state index is 10.7. The van der Waals surface area contributed by atoms with E-state index in [0.717, 1.165) is 0 Å². The number of carboxylic acids is 1. The molecular formula is C12H12N2O4. The van der Waals surface area contributed by atoms with Gasteiger partial charge in [-0.3, -0.25) is 0 Å². The number of aromatic nitrogens is 2. The Morgan fingerprint density at radius 3 is 2.67 bits per heavy atom. The lowest BCUT2D eigenvalue weighted by Gasteiger charge is -1.96. The monoisotopic (exact) mass is 248 g/mol. The zero-order valence-corrected chi connectivity index (χ0v) is 9.79. The molecule has 0 saturated carbocycles. The van der Waals surface area contributed by atoms with Crippen molar-refractivity contribution in [1.29, 1.82) is 0 Å². The fourth-order valence-corrected chi connectivity index (χ4v) is 1.37. The first kappa shape index (κ1) is 12.3. The summed E-state index contributed by atoms with van der Waals surface area (Å²) < 4.78 is 10.5. The van der Waals surface area contributed by atoms with E-state index in [9.17, 15) is 4.79 Å². The molecule has 94 valence electrons. The molecule has 1 heterocycles. The molecule has 1 aromatic carbocycles. The van der Waals surface area contributed by atoms with Gasteiger partial charge in [0, 0.05) is 12.2 Å². The van der Waals surface area contributed by atoms with Crippen LogP contribution in [-0.4, -0.2) is 27.9 Å². The molecule has 0 bridgehead atoms. The first-order valence-corrected chi connectivity index (χ1v) is 5.44. The van der Waals surface area contributed by atoms with Crippen LogP contribution in [0.3, 0.4) is 0 Å². The first-order valence-electron chi connectivity index (χ1n) is 5.44. The molecule has 0 aliphatic heterocycles. The molecule has 0 aliphatic rings. The highest BCUT2D eigenvalue weighted by Gasteiger charge is 2.09. The summed E-state index contributed by atoms with van der Waals surface area (Å²) in [6, 6.07) is 6.23. The molecule has 0 fully saturated rings. The lowest BCUT2D eigenvalue weighted by atomic mass is 10.1. The van der Waals surface area contributed by atoms with Crippen LogP contribution in [0.2, 0.25) is 0 Å². The Labute approximate surface area is 103 Å². The second-order valence-electron chi connectivity index (χ2n) is 3.52. The number of ether oxygens (including phenoxy) is 1. The molecule has 0 spiro atoms. The molecular weight excluding hydrogens is 236 g/mol. The van der Waals surface area contributed by atoms with Gasteiger partial charge >= 0.3 is 5.97 Å². The van der Waals surface area contributed by atoms with E-state index in [-0.39, 0.29) is 12.2 Å². The van der Waals surface area contributed by atoms with Crippen LogP contribution in [0, 0.1) is 0 Å². The molecule has 0 radical (unpaired) electrons. The van der Waals surface area contributed by atoms with Crippen LogP contribution < -0.4 is 0 Å². The van der Waals surface area contributed by atoms with Crippen molar-refractivity contribution in [3.05, 3.63) is 35.7 Å². The Kier molecular flexibility index (Phi) is 3.69. The van der Waals surface area contributed by atoms with Gasteiger partial charge in [-0.2, -0.15) is 0 Å². The van der Waals surface area contributed by atoms with Gasteiger partial charge in [0.2, 0.25) is 11.8 Å². The van der Waals surface area contributed by atoms with E-state index in [2.05, 4.69) is 10.2 Å². The molecule has 6 nitrogen and oxygen atoms in total. The van der Waals surface area contributed by atoms with Gasteiger partial charge in [-0.1, -0.05) is 0 Å². The lowest BCUT2D eigenvalue weighted by molar-refractivity contribution is 0.0697. The van der Waals surface area contributed by atoms with Crippen molar-refractivity contribution in [2.75, 3.05) is 6.61 Å². The highest BCUT2D eigenvalue weighted by Crippen LogP contribution is 2.18. The highest BCUT2D eigenvalue weighted by atomic mass is 16.5. The van der Waals surface area contributed by atoms with Gasteiger partial charge in [0.15, 0.2) is 0 Å². The molecule has 0 unspecified atom stereocenters. The molecule has 1 aromatic heterocycles. The van der Waals surface area contributed by atoms with Crippen molar-refractivity contribution in [3.8, 4) is 11.5 Å². The average Bonchev–Trinajstić information content (AvgIpc) is 2.85. The quantitative estimate of drug-likeness (QED) is 0.870. The van der Waals surface area contributed by atoms with Crippen LogP contribution >= 0.6 is 0 Å². The first-order chi connectivity index (χ1) is 8.70. The number of benzene rings is 1. The number of aromatic carboxylic acids is 1. The van der Waals surface area contributed by atoms with Crippen LogP contribution in [0.5, 0.6) is 0 Å². The number of carboxylic acid groups (broad SMARTS) is 1. The zero-order valence-electron chi connectivity index (χ0n) is 9.79. The maximum atomic E-state index is 10.7. The van der Waals surface area contributed by atoms with Crippen molar-refractivity contribution < 1.29 is 19.1 Å². The second kappa shape index (κ2) is 5.42.